The molecule has 0 aromatic heterocycles. The van der Waals surface area contributed by atoms with Gasteiger partial charge in [-0.25, -0.2) is 0 Å². The van der Waals surface area contributed by atoms with Crippen molar-refractivity contribution in [3.63, 3.8) is 0 Å². The zero-order valence-corrected chi connectivity index (χ0v) is 11.4. The van der Waals surface area contributed by atoms with Gasteiger partial charge in [-0.15, -0.1) is 0 Å². The predicted molar refractivity (Wildman–Crippen MR) is 68.0 cm³/mol. The second-order valence-corrected chi connectivity index (χ2v) is 5.38. The zero-order chi connectivity index (χ0) is 12.6. The minimum Gasteiger partial charge on any atom is -0.278 e. The highest BCUT2D eigenvalue weighted by atomic mass is 79.9. The Morgan fingerprint density at radius 3 is 2.00 bits per heavy atom. The van der Waals surface area contributed by atoms with Gasteiger partial charge < -0.3 is 0 Å². The molecule has 1 saturated heterocycles. The van der Waals surface area contributed by atoms with E-state index in [4.69, 9.17) is 0 Å². The minimum absolute atomic E-state index is 0.0644. The summed E-state index contributed by atoms with van der Waals surface area (Å²) in [7, 11) is 0. The van der Waals surface area contributed by atoms with Gasteiger partial charge in [0.1, 0.15) is 0 Å². The predicted octanol–water partition coefficient (Wildman–Crippen LogP) is 2.59. The van der Waals surface area contributed by atoms with E-state index in [9.17, 15) is 9.59 Å². The molecule has 17 heavy (non-hydrogen) atoms. The molecular weight excluding hydrogens is 282 g/mol. The van der Waals surface area contributed by atoms with Crippen LogP contribution in [-0.2, 0) is 16.1 Å². The SMILES string of the molecule is CC1C(=O)N(Cc2ccc(Br)cc2)C(=O)C1C. The lowest BCUT2D eigenvalue weighted by atomic mass is 10.00. The minimum atomic E-state index is -0.196. The van der Waals surface area contributed by atoms with Crippen molar-refractivity contribution in [1.29, 1.82) is 0 Å². The summed E-state index contributed by atoms with van der Waals surface area (Å²) >= 11 is 3.35. The van der Waals surface area contributed by atoms with Gasteiger partial charge in [-0.2, -0.15) is 0 Å². The van der Waals surface area contributed by atoms with Crippen LogP contribution >= 0.6 is 15.9 Å². The van der Waals surface area contributed by atoms with Gasteiger partial charge in [0, 0.05) is 16.3 Å². The summed E-state index contributed by atoms with van der Waals surface area (Å²) in [6.07, 6.45) is 0. The van der Waals surface area contributed by atoms with Crippen LogP contribution in [0.4, 0.5) is 0 Å². The first-order valence-electron chi connectivity index (χ1n) is 5.60. The Morgan fingerprint density at radius 1 is 1.06 bits per heavy atom. The molecule has 1 aliphatic heterocycles. The summed E-state index contributed by atoms with van der Waals surface area (Å²) in [6, 6.07) is 7.65. The summed E-state index contributed by atoms with van der Waals surface area (Å²) in [5.74, 6) is -0.522. The van der Waals surface area contributed by atoms with E-state index in [1.54, 1.807) is 0 Å². The highest BCUT2D eigenvalue weighted by Crippen LogP contribution is 2.27. The molecule has 1 aliphatic rings. The number of carbonyl (C=O) groups excluding carboxylic acids is 2. The maximum Gasteiger partial charge on any atom is 0.233 e. The lowest BCUT2D eigenvalue weighted by Gasteiger charge is -2.14. The number of halogens is 1. The highest BCUT2D eigenvalue weighted by Gasteiger charge is 2.41. The molecule has 0 radical (unpaired) electrons. The first kappa shape index (κ1) is 12.3. The van der Waals surface area contributed by atoms with Gasteiger partial charge >= 0.3 is 0 Å². The van der Waals surface area contributed by atoms with E-state index in [0.29, 0.717) is 6.54 Å². The van der Waals surface area contributed by atoms with Crippen LogP contribution in [0.5, 0.6) is 0 Å². The van der Waals surface area contributed by atoms with Crippen LogP contribution in [0.3, 0.4) is 0 Å². The topological polar surface area (TPSA) is 37.4 Å². The third kappa shape index (κ3) is 2.27. The van der Waals surface area contributed by atoms with Crippen molar-refractivity contribution < 1.29 is 9.59 Å². The first-order chi connectivity index (χ1) is 8.00. The molecule has 1 aromatic carbocycles. The zero-order valence-electron chi connectivity index (χ0n) is 9.81. The fraction of sp³-hybridized carbons (Fsp3) is 0.385. The molecule has 90 valence electrons. The monoisotopic (exact) mass is 295 g/mol. The number of likely N-dealkylation sites (tertiary alicyclic amines) is 1. The largest absolute Gasteiger partial charge is 0.278 e. The molecule has 4 heteroatoms. The molecule has 1 aromatic rings. The van der Waals surface area contributed by atoms with E-state index in [2.05, 4.69) is 15.9 Å². The Labute approximate surface area is 109 Å². The van der Waals surface area contributed by atoms with Gasteiger partial charge in [-0.3, -0.25) is 14.5 Å². The molecule has 0 saturated carbocycles. The van der Waals surface area contributed by atoms with E-state index in [-0.39, 0.29) is 23.7 Å². The Kier molecular flexibility index (Phi) is 3.33. The van der Waals surface area contributed by atoms with Gasteiger partial charge in [0.05, 0.1) is 6.54 Å². The van der Waals surface area contributed by atoms with Crippen LogP contribution in [0.2, 0.25) is 0 Å². The molecule has 0 spiro atoms. The maximum atomic E-state index is 11.9. The summed E-state index contributed by atoms with van der Waals surface area (Å²) < 4.78 is 0.988. The van der Waals surface area contributed by atoms with Crippen molar-refractivity contribution in [2.24, 2.45) is 11.8 Å². The standard InChI is InChI=1S/C13H14BrNO2/c1-8-9(2)13(17)15(12(8)16)7-10-3-5-11(14)6-4-10/h3-6,8-9H,7H2,1-2H3. The quantitative estimate of drug-likeness (QED) is 0.787. The summed E-state index contributed by atoms with van der Waals surface area (Å²) in [5.41, 5.74) is 0.969. The van der Waals surface area contributed by atoms with Crippen LogP contribution < -0.4 is 0 Å². The Hall–Kier alpha value is -1.16. The van der Waals surface area contributed by atoms with E-state index in [1.807, 2.05) is 38.1 Å². The second kappa shape index (κ2) is 4.61. The van der Waals surface area contributed by atoms with Gasteiger partial charge in [-0.05, 0) is 17.7 Å². The smallest absolute Gasteiger partial charge is 0.233 e. The Balaban J connectivity index is 2.17. The summed E-state index contributed by atoms with van der Waals surface area (Å²) in [4.78, 5) is 25.1. The van der Waals surface area contributed by atoms with Crippen molar-refractivity contribution in [1.82, 2.24) is 4.90 Å². The van der Waals surface area contributed by atoms with Gasteiger partial charge in [0.25, 0.3) is 0 Å². The number of nitrogens with zero attached hydrogens (tertiary/aromatic N) is 1. The van der Waals surface area contributed by atoms with Crippen LogP contribution in [0.15, 0.2) is 28.7 Å². The van der Waals surface area contributed by atoms with E-state index in [1.165, 1.54) is 4.90 Å². The molecule has 0 N–H and O–H groups in total. The molecule has 3 nitrogen and oxygen atoms in total. The molecule has 0 bridgehead atoms. The molecule has 2 rings (SSSR count). The summed E-state index contributed by atoms with van der Waals surface area (Å²) in [5, 5.41) is 0. The fourth-order valence-corrected chi connectivity index (χ4v) is 2.22. The van der Waals surface area contributed by atoms with Crippen molar-refractivity contribution >= 4 is 27.7 Å². The van der Waals surface area contributed by atoms with Crippen molar-refractivity contribution in [2.45, 2.75) is 20.4 Å². The second-order valence-electron chi connectivity index (χ2n) is 4.47. The molecule has 0 aliphatic carbocycles. The molecular formula is C13H14BrNO2. The van der Waals surface area contributed by atoms with Crippen LogP contribution in [-0.4, -0.2) is 16.7 Å². The number of hydrogen-bond donors (Lipinski definition) is 0. The molecule has 2 unspecified atom stereocenters. The normalized spacial score (nSPS) is 24.5. The van der Waals surface area contributed by atoms with E-state index in [0.717, 1.165) is 10.0 Å². The summed E-state index contributed by atoms with van der Waals surface area (Å²) in [6.45, 7) is 4.00. The number of rotatable bonds is 2. The van der Waals surface area contributed by atoms with Crippen molar-refractivity contribution in [2.75, 3.05) is 0 Å². The molecule has 2 atom stereocenters. The first-order valence-corrected chi connectivity index (χ1v) is 6.39. The number of amides is 2. The maximum absolute atomic E-state index is 11.9. The van der Waals surface area contributed by atoms with E-state index >= 15 is 0 Å². The van der Waals surface area contributed by atoms with Gasteiger partial charge in [0.2, 0.25) is 11.8 Å². The third-order valence-electron chi connectivity index (χ3n) is 3.32. The van der Waals surface area contributed by atoms with Crippen LogP contribution in [0.25, 0.3) is 0 Å². The third-order valence-corrected chi connectivity index (χ3v) is 3.84. The van der Waals surface area contributed by atoms with E-state index < -0.39 is 0 Å². The van der Waals surface area contributed by atoms with Crippen molar-refractivity contribution in [3.8, 4) is 0 Å². The van der Waals surface area contributed by atoms with Gasteiger partial charge in [0.15, 0.2) is 0 Å². The Bertz CT molecular complexity index is 435. The lowest BCUT2D eigenvalue weighted by molar-refractivity contribution is -0.140. The number of imide groups is 1. The molecule has 1 heterocycles. The average Bonchev–Trinajstić information content (AvgIpc) is 2.50. The Morgan fingerprint density at radius 2 is 1.53 bits per heavy atom. The van der Waals surface area contributed by atoms with Crippen LogP contribution in [0.1, 0.15) is 19.4 Å². The fourth-order valence-electron chi connectivity index (χ4n) is 1.96. The molecule has 1 fully saturated rings. The van der Waals surface area contributed by atoms with Crippen LogP contribution in [0, 0.1) is 11.8 Å². The highest BCUT2D eigenvalue weighted by molar-refractivity contribution is 9.10. The van der Waals surface area contributed by atoms with Gasteiger partial charge in [-0.1, -0.05) is 41.9 Å². The molecule has 2 amide bonds. The number of hydrogen-bond acceptors (Lipinski definition) is 2. The number of benzene rings is 1. The lowest BCUT2D eigenvalue weighted by Crippen LogP contribution is -2.30. The van der Waals surface area contributed by atoms with Crippen molar-refractivity contribution in [3.05, 3.63) is 34.3 Å². The average molecular weight is 296 g/mol. The number of carbonyl (C=O) groups is 2.